The van der Waals surface area contributed by atoms with Crippen LogP contribution in [0.3, 0.4) is 0 Å². The van der Waals surface area contributed by atoms with Gasteiger partial charge in [0, 0.05) is 35.6 Å². The quantitative estimate of drug-likeness (QED) is 0.760. The maximum Gasteiger partial charge on any atom is 0.252 e. The zero-order valence-corrected chi connectivity index (χ0v) is 14.7. The third-order valence-corrected chi connectivity index (χ3v) is 4.16. The summed E-state index contributed by atoms with van der Waals surface area (Å²) < 4.78 is 7.33. The summed E-state index contributed by atoms with van der Waals surface area (Å²) in [5.74, 6) is 1.16. The molecule has 1 N–H and O–H groups in total. The zero-order valence-electron chi connectivity index (χ0n) is 13.9. The Morgan fingerprint density at radius 2 is 2.04 bits per heavy atom. The summed E-state index contributed by atoms with van der Waals surface area (Å²) in [5, 5.41) is 3.55. The molecular weight excluding hydrogens is 338 g/mol. The van der Waals surface area contributed by atoms with Crippen LogP contribution < -0.4 is 10.1 Å². The van der Waals surface area contributed by atoms with Crippen LogP contribution in [0.4, 0.5) is 0 Å². The number of aromatic nitrogens is 2. The van der Waals surface area contributed by atoms with Crippen molar-refractivity contribution in [2.75, 3.05) is 7.11 Å². The molecule has 0 radical (unpaired) electrons. The molecule has 0 bridgehead atoms. The first-order chi connectivity index (χ1) is 12.1. The van der Waals surface area contributed by atoms with Gasteiger partial charge in [-0.3, -0.25) is 4.79 Å². The Bertz CT molecular complexity index is 892. The molecule has 2 aromatic carbocycles. The Morgan fingerprint density at radius 3 is 2.72 bits per heavy atom. The SMILES string of the molecule is COc1ccccc1C(NC(=O)c1cccc(Cl)c1)c1nccn1C. The molecule has 0 spiro atoms. The first-order valence-electron chi connectivity index (χ1n) is 7.76. The number of amides is 1. The van der Waals surface area contributed by atoms with Gasteiger partial charge < -0.3 is 14.6 Å². The van der Waals surface area contributed by atoms with Gasteiger partial charge in [0.05, 0.1) is 7.11 Å². The molecule has 1 amide bonds. The van der Waals surface area contributed by atoms with Gasteiger partial charge >= 0.3 is 0 Å². The average molecular weight is 356 g/mol. The fraction of sp³-hybridized carbons (Fsp3) is 0.158. The third kappa shape index (κ3) is 3.67. The van der Waals surface area contributed by atoms with Gasteiger partial charge in [-0.2, -0.15) is 0 Å². The molecule has 25 heavy (non-hydrogen) atoms. The van der Waals surface area contributed by atoms with Crippen molar-refractivity contribution in [3.05, 3.63) is 82.9 Å². The van der Waals surface area contributed by atoms with Crippen molar-refractivity contribution in [1.82, 2.24) is 14.9 Å². The molecule has 0 fully saturated rings. The molecule has 1 aromatic heterocycles. The Hall–Kier alpha value is -2.79. The highest BCUT2D eigenvalue weighted by Gasteiger charge is 2.24. The van der Waals surface area contributed by atoms with Crippen LogP contribution in [0.1, 0.15) is 27.8 Å². The minimum atomic E-state index is -0.456. The monoisotopic (exact) mass is 355 g/mol. The summed E-state index contributed by atoms with van der Waals surface area (Å²) in [5.41, 5.74) is 1.32. The van der Waals surface area contributed by atoms with E-state index >= 15 is 0 Å². The standard InChI is InChI=1S/C19H18ClN3O2/c1-23-11-10-21-18(23)17(15-8-3-4-9-16(15)25-2)22-19(24)13-6-5-7-14(20)12-13/h3-12,17H,1-2H3,(H,22,24). The van der Waals surface area contributed by atoms with Gasteiger partial charge in [0.15, 0.2) is 0 Å². The fourth-order valence-corrected chi connectivity index (χ4v) is 2.88. The van der Waals surface area contributed by atoms with Gasteiger partial charge in [-0.25, -0.2) is 4.98 Å². The molecule has 1 atom stereocenters. The number of aryl methyl sites for hydroxylation is 1. The van der Waals surface area contributed by atoms with Crippen LogP contribution in [0.2, 0.25) is 5.02 Å². The molecular formula is C19H18ClN3O2. The molecule has 0 saturated heterocycles. The molecule has 3 rings (SSSR count). The molecule has 5 nitrogen and oxygen atoms in total. The molecule has 1 heterocycles. The lowest BCUT2D eigenvalue weighted by atomic mass is 10.0. The number of benzene rings is 2. The van der Waals surface area contributed by atoms with E-state index in [0.29, 0.717) is 22.2 Å². The Balaban J connectivity index is 2.00. The smallest absolute Gasteiger partial charge is 0.252 e. The lowest BCUT2D eigenvalue weighted by Gasteiger charge is -2.21. The molecule has 0 aliphatic carbocycles. The molecule has 1 unspecified atom stereocenters. The van der Waals surface area contributed by atoms with Gasteiger partial charge in [-0.1, -0.05) is 35.9 Å². The summed E-state index contributed by atoms with van der Waals surface area (Å²) in [7, 11) is 3.49. The predicted octanol–water partition coefficient (Wildman–Crippen LogP) is 3.60. The minimum Gasteiger partial charge on any atom is -0.496 e. The van der Waals surface area contributed by atoms with Crippen LogP contribution in [-0.4, -0.2) is 22.6 Å². The zero-order chi connectivity index (χ0) is 17.8. The summed E-state index contributed by atoms with van der Waals surface area (Å²) in [4.78, 5) is 17.1. The normalized spacial score (nSPS) is 11.8. The van der Waals surface area contributed by atoms with E-state index in [2.05, 4.69) is 10.3 Å². The highest BCUT2D eigenvalue weighted by Crippen LogP contribution is 2.29. The largest absolute Gasteiger partial charge is 0.496 e. The number of carbonyl (C=O) groups is 1. The van der Waals surface area contributed by atoms with Crippen LogP contribution in [-0.2, 0) is 7.05 Å². The van der Waals surface area contributed by atoms with Crippen LogP contribution >= 0.6 is 11.6 Å². The third-order valence-electron chi connectivity index (χ3n) is 3.93. The second-order valence-electron chi connectivity index (χ2n) is 5.56. The summed E-state index contributed by atoms with van der Waals surface area (Å²) in [6.45, 7) is 0. The van der Waals surface area contributed by atoms with E-state index < -0.39 is 6.04 Å². The first kappa shape index (κ1) is 17.0. The molecule has 128 valence electrons. The molecule has 0 aliphatic rings. The van der Waals surface area contributed by atoms with Gasteiger partial charge in [0.2, 0.25) is 0 Å². The van der Waals surface area contributed by atoms with E-state index in [1.165, 1.54) is 0 Å². The predicted molar refractivity (Wildman–Crippen MR) is 97.0 cm³/mol. The fourth-order valence-electron chi connectivity index (χ4n) is 2.69. The Labute approximate surface area is 151 Å². The highest BCUT2D eigenvalue weighted by atomic mass is 35.5. The number of hydrogen-bond acceptors (Lipinski definition) is 3. The van der Waals surface area contributed by atoms with Crippen molar-refractivity contribution in [3.63, 3.8) is 0 Å². The van der Waals surface area contributed by atoms with E-state index in [1.54, 1.807) is 37.6 Å². The van der Waals surface area contributed by atoms with E-state index in [1.807, 2.05) is 42.1 Å². The summed E-state index contributed by atoms with van der Waals surface area (Å²) in [6, 6.07) is 13.9. The van der Waals surface area contributed by atoms with E-state index in [9.17, 15) is 4.79 Å². The average Bonchev–Trinajstić information content (AvgIpc) is 3.05. The topological polar surface area (TPSA) is 56.1 Å². The number of imidazole rings is 1. The minimum absolute atomic E-state index is 0.235. The van der Waals surface area contributed by atoms with Crippen LogP contribution in [0.5, 0.6) is 5.75 Å². The molecule has 0 aliphatic heterocycles. The van der Waals surface area contributed by atoms with Crippen molar-refractivity contribution in [1.29, 1.82) is 0 Å². The van der Waals surface area contributed by atoms with Gasteiger partial charge in [-0.15, -0.1) is 0 Å². The lowest BCUT2D eigenvalue weighted by molar-refractivity contribution is 0.0941. The Morgan fingerprint density at radius 1 is 1.24 bits per heavy atom. The number of rotatable bonds is 5. The lowest BCUT2D eigenvalue weighted by Crippen LogP contribution is -2.31. The molecule has 6 heteroatoms. The maximum absolute atomic E-state index is 12.7. The molecule has 0 saturated carbocycles. The van der Waals surface area contributed by atoms with Gasteiger partial charge in [0.25, 0.3) is 5.91 Å². The number of carbonyl (C=O) groups excluding carboxylic acids is 1. The van der Waals surface area contributed by atoms with Crippen molar-refractivity contribution in [2.24, 2.45) is 7.05 Å². The van der Waals surface area contributed by atoms with Gasteiger partial charge in [0.1, 0.15) is 17.6 Å². The number of halogens is 1. The van der Waals surface area contributed by atoms with E-state index in [4.69, 9.17) is 16.3 Å². The second-order valence-corrected chi connectivity index (χ2v) is 5.99. The maximum atomic E-state index is 12.7. The van der Waals surface area contributed by atoms with Crippen LogP contribution in [0.25, 0.3) is 0 Å². The molecule has 3 aromatic rings. The second kappa shape index (κ2) is 7.40. The number of hydrogen-bond donors (Lipinski definition) is 1. The van der Waals surface area contributed by atoms with Crippen molar-refractivity contribution < 1.29 is 9.53 Å². The Kier molecular flexibility index (Phi) is 5.05. The van der Waals surface area contributed by atoms with E-state index in [-0.39, 0.29) is 5.91 Å². The number of nitrogens with one attached hydrogen (secondary N) is 1. The first-order valence-corrected chi connectivity index (χ1v) is 8.14. The van der Waals surface area contributed by atoms with E-state index in [0.717, 1.165) is 5.56 Å². The van der Waals surface area contributed by atoms with Crippen molar-refractivity contribution >= 4 is 17.5 Å². The number of nitrogens with zero attached hydrogens (tertiary/aromatic N) is 2. The van der Waals surface area contributed by atoms with Crippen LogP contribution in [0, 0.1) is 0 Å². The highest BCUT2D eigenvalue weighted by molar-refractivity contribution is 6.30. The summed E-state index contributed by atoms with van der Waals surface area (Å²) in [6.07, 6.45) is 3.53. The number of ether oxygens (including phenoxy) is 1. The number of methoxy groups -OCH3 is 1. The number of para-hydroxylation sites is 1. The summed E-state index contributed by atoms with van der Waals surface area (Å²) >= 11 is 6.00. The van der Waals surface area contributed by atoms with Gasteiger partial charge in [-0.05, 0) is 24.3 Å². The van der Waals surface area contributed by atoms with Crippen LogP contribution in [0.15, 0.2) is 60.9 Å². The van der Waals surface area contributed by atoms with Crippen molar-refractivity contribution in [3.8, 4) is 5.75 Å². The van der Waals surface area contributed by atoms with Crippen molar-refractivity contribution in [2.45, 2.75) is 6.04 Å².